The predicted molar refractivity (Wildman–Crippen MR) is 164 cm³/mol. The number of amides is 5. The minimum Gasteiger partial charge on any atom is -0.494 e. The molecule has 3 heterocycles. The Hall–Kier alpha value is -4.86. The van der Waals surface area contributed by atoms with E-state index in [-0.39, 0.29) is 35.7 Å². The summed E-state index contributed by atoms with van der Waals surface area (Å²) in [6, 6.07) is 1.87. The molecule has 4 rings (SSSR count). The van der Waals surface area contributed by atoms with E-state index < -0.39 is 23.8 Å². The molecule has 1 aromatic rings. The van der Waals surface area contributed by atoms with Crippen LogP contribution in [0.15, 0.2) is 40.2 Å². The van der Waals surface area contributed by atoms with Crippen LogP contribution >= 0.6 is 0 Å². The van der Waals surface area contributed by atoms with E-state index in [0.717, 1.165) is 17.0 Å². The molecular formula is C31H41FN6O6. The smallest absolute Gasteiger partial charge is 0.322 e. The van der Waals surface area contributed by atoms with Gasteiger partial charge in [-0.3, -0.25) is 19.7 Å². The van der Waals surface area contributed by atoms with Gasteiger partial charge in [0.1, 0.15) is 18.2 Å². The first kappa shape index (κ1) is 35.3. The Morgan fingerprint density at radius 2 is 2.00 bits per heavy atom. The van der Waals surface area contributed by atoms with Gasteiger partial charge in [-0.05, 0) is 51.3 Å². The summed E-state index contributed by atoms with van der Waals surface area (Å²) >= 11 is 0. The molecule has 0 saturated carbocycles. The molecule has 2 unspecified atom stereocenters. The normalized spacial score (nSPS) is 17.8. The summed E-state index contributed by atoms with van der Waals surface area (Å²) in [6.45, 7) is 11.2. The zero-order valence-corrected chi connectivity index (χ0v) is 26.2. The van der Waals surface area contributed by atoms with E-state index in [1.807, 2.05) is 32.6 Å². The van der Waals surface area contributed by atoms with Crippen LogP contribution in [0.4, 0.5) is 9.18 Å². The van der Waals surface area contributed by atoms with Gasteiger partial charge in [-0.15, -0.1) is 12.3 Å². The fourth-order valence-electron chi connectivity index (χ4n) is 4.53. The maximum atomic E-state index is 13.6. The molecule has 1 fully saturated rings. The van der Waals surface area contributed by atoms with Crippen LogP contribution in [0.2, 0.25) is 0 Å². The lowest BCUT2D eigenvalue weighted by Gasteiger charge is -2.27. The highest BCUT2D eigenvalue weighted by molar-refractivity contribution is 6.05. The number of ether oxygens (including phenoxy) is 2. The number of carbonyl (C=O) groups is 4. The molecule has 13 heteroatoms. The second-order valence-electron chi connectivity index (χ2n) is 10.2. The zero-order chi connectivity index (χ0) is 33.1. The summed E-state index contributed by atoms with van der Waals surface area (Å²) in [5, 5.41) is 4.70. The van der Waals surface area contributed by atoms with E-state index in [9.17, 15) is 23.6 Å². The van der Waals surface area contributed by atoms with Crippen molar-refractivity contribution in [1.29, 1.82) is 0 Å². The van der Waals surface area contributed by atoms with Gasteiger partial charge in [0.2, 0.25) is 5.91 Å². The molecule has 3 aliphatic heterocycles. The van der Waals surface area contributed by atoms with Crippen LogP contribution < -0.4 is 21.1 Å². The Bertz CT molecular complexity index is 1410. The minimum absolute atomic E-state index is 0.118. The fraction of sp³-hybridized carbons (Fsp3) is 0.452. The average molecular weight is 613 g/mol. The van der Waals surface area contributed by atoms with E-state index in [4.69, 9.17) is 15.2 Å². The molecule has 1 aromatic carbocycles. The summed E-state index contributed by atoms with van der Waals surface area (Å²) in [5.41, 5.74) is 7.90. The predicted octanol–water partition coefficient (Wildman–Crippen LogP) is 2.69. The standard InChI is InChI=1S/C18H27N5O4.C10H10FNO2.C3H4/c1-5-12(16(19)24)8-23(6-2)11(4)20-13-7-14(27-9-10(13)3)15-17(25)22-18(26)21-15;1-12-5-6-3-4-7(14-2)9(11)8(6)10(12)13;1-3-2/h7,12,15H,5-6,8-9H2,1-4H3,(H2,19,24)(H2,21,22,25,26);3-4H,5H2,1-2H3;1H,2H3. The van der Waals surface area contributed by atoms with Gasteiger partial charge in [-0.1, -0.05) is 13.0 Å². The van der Waals surface area contributed by atoms with Crippen molar-refractivity contribution in [2.75, 3.05) is 33.9 Å². The average Bonchev–Trinajstić information content (AvgIpc) is 3.47. The number of imide groups is 1. The largest absolute Gasteiger partial charge is 0.494 e. The number of carbonyl (C=O) groups excluding carboxylic acids is 4. The number of methoxy groups -OCH3 is 1. The Morgan fingerprint density at radius 1 is 1.34 bits per heavy atom. The third-order valence-corrected chi connectivity index (χ3v) is 7.07. The molecule has 0 radical (unpaired) electrons. The van der Waals surface area contributed by atoms with Gasteiger partial charge in [0.25, 0.3) is 11.8 Å². The van der Waals surface area contributed by atoms with E-state index in [1.54, 1.807) is 32.2 Å². The third-order valence-electron chi connectivity index (χ3n) is 7.07. The maximum absolute atomic E-state index is 13.6. The van der Waals surface area contributed by atoms with Gasteiger partial charge in [0.15, 0.2) is 17.6 Å². The topological polar surface area (TPSA) is 156 Å². The Labute approximate surface area is 257 Å². The van der Waals surface area contributed by atoms with Crippen molar-refractivity contribution in [1.82, 2.24) is 20.4 Å². The Morgan fingerprint density at radius 3 is 2.52 bits per heavy atom. The second kappa shape index (κ2) is 16.1. The molecule has 12 nitrogen and oxygen atoms in total. The molecule has 44 heavy (non-hydrogen) atoms. The third kappa shape index (κ3) is 8.59. The number of rotatable bonds is 8. The number of terminal acetylenes is 1. The highest BCUT2D eigenvalue weighted by Crippen LogP contribution is 2.29. The van der Waals surface area contributed by atoms with Gasteiger partial charge in [0.05, 0.1) is 24.3 Å². The number of nitrogens with two attached hydrogens (primary N) is 1. The molecule has 1 saturated heterocycles. The van der Waals surface area contributed by atoms with E-state index >= 15 is 0 Å². The molecule has 0 bridgehead atoms. The summed E-state index contributed by atoms with van der Waals surface area (Å²) in [7, 11) is 3.03. The van der Waals surface area contributed by atoms with Crippen molar-refractivity contribution in [3.8, 4) is 18.1 Å². The number of primary amides is 1. The Kier molecular flexibility index (Phi) is 12.9. The summed E-state index contributed by atoms with van der Waals surface area (Å²) in [5.74, 6) is 1.60. The maximum Gasteiger partial charge on any atom is 0.322 e. The zero-order valence-electron chi connectivity index (χ0n) is 26.2. The first-order valence-corrected chi connectivity index (χ1v) is 14.1. The SMILES string of the molecule is C#CC.CCC(CN(CC)C(C)=NC1=C(C)COC(C2NC(=O)NC2=O)=C1)C(N)=O.COc1ccc2c(c1F)C(=O)N(C)C2. The van der Waals surface area contributed by atoms with Crippen LogP contribution in [0, 0.1) is 24.1 Å². The van der Waals surface area contributed by atoms with E-state index in [0.29, 0.717) is 37.5 Å². The van der Waals surface area contributed by atoms with Gasteiger partial charge in [-0.25, -0.2) is 14.2 Å². The number of nitrogens with one attached hydrogen (secondary N) is 2. The Balaban J connectivity index is 0.000000329. The molecule has 3 aliphatic rings. The number of hydrogen-bond acceptors (Lipinski definition) is 7. The molecule has 0 aliphatic carbocycles. The fourth-order valence-corrected chi connectivity index (χ4v) is 4.53. The number of amidine groups is 1. The van der Waals surface area contributed by atoms with Gasteiger partial charge in [0, 0.05) is 32.8 Å². The number of fused-ring (bicyclic) bond motifs is 1. The number of hydrogen-bond donors (Lipinski definition) is 3. The summed E-state index contributed by atoms with van der Waals surface area (Å²) in [6.07, 6.45) is 6.92. The van der Waals surface area contributed by atoms with Crippen molar-refractivity contribution in [3.63, 3.8) is 0 Å². The number of aliphatic imine (C=N–C) groups is 1. The number of nitrogens with zero attached hydrogens (tertiary/aromatic N) is 3. The summed E-state index contributed by atoms with van der Waals surface area (Å²) in [4.78, 5) is 54.4. The highest BCUT2D eigenvalue weighted by atomic mass is 19.1. The van der Waals surface area contributed by atoms with Crippen molar-refractivity contribution in [2.24, 2.45) is 16.6 Å². The molecule has 0 spiro atoms. The van der Waals surface area contributed by atoms with Crippen LogP contribution in [0.25, 0.3) is 0 Å². The summed E-state index contributed by atoms with van der Waals surface area (Å²) < 4.78 is 24.0. The second-order valence-corrected chi connectivity index (χ2v) is 10.2. The molecular weight excluding hydrogens is 571 g/mol. The first-order valence-electron chi connectivity index (χ1n) is 14.1. The van der Waals surface area contributed by atoms with Crippen LogP contribution in [-0.4, -0.2) is 79.3 Å². The van der Waals surface area contributed by atoms with Crippen molar-refractivity contribution in [2.45, 2.75) is 53.6 Å². The van der Waals surface area contributed by atoms with E-state index in [1.165, 1.54) is 12.0 Å². The van der Waals surface area contributed by atoms with Crippen molar-refractivity contribution in [3.05, 3.63) is 52.2 Å². The van der Waals surface area contributed by atoms with Crippen LogP contribution in [-0.2, 0) is 20.9 Å². The van der Waals surface area contributed by atoms with Gasteiger partial charge < -0.3 is 30.3 Å². The lowest BCUT2D eigenvalue weighted by molar-refractivity contribution is -0.122. The minimum atomic E-state index is -0.849. The van der Waals surface area contributed by atoms with Crippen LogP contribution in [0.3, 0.4) is 0 Å². The first-order chi connectivity index (χ1) is 20.8. The monoisotopic (exact) mass is 612 g/mol. The van der Waals surface area contributed by atoms with Crippen LogP contribution in [0.5, 0.6) is 5.75 Å². The molecule has 0 aromatic heterocycles. The van der Waals surface area contributed by atoms with Gasteiger partial charge in [-0.2, -0.15) is 0 Å². The van der Waals surface area contributed by atoms with Gasteiger partial charge >= 0.3 is 6.03 Å². The lowest BCUT2D eigenvalue weighted by atomic mass is 10.1. The number of benzene rings is 1. The van der Waals surface area contributed by atoms with Crippen LogP contribution in [0.1, 0.15) is 57.0 Å². The van der Waals surface area contributed by atoms with Crippen molar-refractivity contribution >= 4 is 29.6 Å². The highest BCUT2D eigenvalue weighted by Gasteiger charge is 2.35. The molecule has 4 N–H and O–H groups in total. The number of allylic oxidation sites excluding steroid dienone is 1. The lowest BCUT2D eigenvalue weighted by Crippen LogP contribution is -2.38. The molecule has 5 amide bonds. The van der Waals surface area contributed by atoms with Crippen molar-refractivity contribution < 1.29 is 33.0 Å². The number of halogens is 1. The van der Waals surface area contributed by atoms with E-state index in [2.05, 4.69) is 28.0 Å². The quantitative estimate of drug-likeness (QED) is 0.176. The molecule has 238 valence electrons. The number of urea groups is 1. The molecule has 2 atom stereocenters.